The smallest absolute Gasteiger partial charge is 0.416 e. The average molecular weight is 870 g/mol. The number of hydrogen-bond acceptors (Lipinski definition) is 10. The third-order valence-electron chi connectivity index (χ3n) is 9.04. The fourth-order valence-corrected chi connectivity index (χ4v) is 5.52. The Labute approximate surface area is 358 Å². The lowest BCUT2D eigenvalue weighted by Gasteiger charge is -2.15. The third kappa shape index (κ3) is 15.1. The van der Waals surface area contributed by atoms with Gasteiger partial charge in [-0.3, -0.25) is 9.59 Å². The van der Waals surface area contributed by atoms with Crippen molar-refractivity contribution in [3.8, 4) is 36.8 Å². The lowest BCUT2D eigenvalue weighted by atomic mass is 10.0. The lowest BCUT2D eigenvalue weighted by molar-refractivity contribution is -0.138. The van der Waals surface area contributed by atoms with Gasteiger partial charge in [0, 0.05) is 44.4 Å². The maximum Gasteiger partial charge on any atom is 0.416 e. The van der Waals surface area contributed by atoms with Crippen molar-refractivity contribution in [3.05, 3.63) is 158 Å². The normalized spacial score (nSPS) is 13.2. The van der Waals surface area contributed by atoms with Crippen LogP contribution in [0.1, 0.15) is 87.6 Å². The number of alkyl halides is 6. The van der Waals surface area contributed by atoms with Gasteiger partial charge in [0.2, 0.25) is 5.70 Å². The number of aliphatic hydroxyl groups excluding tert-OH is 2. The Kier molecular flexibility index (Phi) is 18.5. The average Bonchev–Trinajstić information content (AvgIpc) is 4.01. The molecule has 1 aliphatic carbocycles. The maximum atomic E-state index is 12.5. The standard InChI is InChI=1S/2C16H12F3NO2.C14H13N3O2/c1-2-3-4-15-13(10-20-22-15)14(21)9-11-5-7-12(8-6-11)16(17,18)19;1-2-3-4-14(21)13(10-20)15(22)9-11-5-7-12(8-6-11)16(17,18)19;1-16-13(14(18)11-6-7-11)12(17-19)10-4-2-9(8-15)3-5-10/h1,5-8,10H,3-4,9H2;1,5-8,21H,3-4,9H2;2-5,11-12,17-19H,6-7H2/b;2*14-13-. The number of rotatable bonds is 14. The zero-order valence-electron chi connectivity index (χ0n) is 33.1. The van der Waals surface area contributed by atoms with E-state index in [1.807, 2.05) is 6.07 Å². The molecule has 11 nitrogen and oxygen atoms in total. The number of halogens is 6. The van der Waals surface area contributed by atoms with Crippen LogP contribution in [0, 0.1) is 59.8 Å². The number of hydroxylamine groups is 1. The number of benzene rings is 3. The molecule has 0 radical (unpaired) electrons. The molecule has 324 valence electrons. The summed E-state index contributed by atoms with van der Waals surface area (Å²) in [5.74, 6) is 3.84. The molecule has 4 N–H and O–H groups in total. The number of nitrogens with zero attached hydrogens (tertiary/aromatic N) is 4. The van der Waals surface area contributed by atoms with Gasteiger partial charge in [0.15, 0.2) is 11.6 Å². The van der Waals surface area contributed by atoms with E-state index < -0.39 is 46.6 Å². The molecular formula is C46H37F6N5O6. The van der Waals surface area contributed by atoms with Crippen molar-refractivity contribution in [2.75, 3.05) is 0 Å². The molecule has 5 rings (SSSR count). The predicted octanol–water partition coefficient (Wildman–Crippen LogP) is 9.93. The molecule has 1 atom stereocenters. The molecule has 1 heterocycles. The minimum Gasteiger partial charge on any atom is -0.523 e. The minimum atomic E-state index is -4.45. The van der Waals surface area contributed by atoms with Gasteiger partial charge in [-0.2, -0.15) is 36.9 Å². The summed E-state index contributed by atoms with van der Waals surface area (Å²) in [7, 11) is 0. The fourth-order valence-electron chi connectivity index (χ4n) is 5.52. The topological polar surface area (TPSA) is 185 Å². The van der Waals surface area contributed by atoms with Crippen LogP contribution < -0.4 is 5.48 Å². The van der Waals surface area contributed by atoms with Crippen LogP contribution in [0.2, 0.25) is 0 Å². The third-order valence-corrected chi connectivity index (χ3v) is 9.04. The molecule has 17 heteroatoms. The number of carbonyl (C=O) groups excluding carboxylic acids is 2. The van der Waals surface area contributed by atoms with Gasteiger partial charge < -0.3 is 19.9 Å². The van der Waals surface area contributed by atoms with Crippen molar-refractivity contribution in [1.29, 1.82) is 10.5 Å². The molecule has 0 saturated heterocycles. The zero-order chi connectivity index (χ0) is 46.7. The van der Waals surface area contributed by atoms with Crippen molar-refractivity contribution in [2.45, 2.75) is 69.8 Å². The number of hydrogen-bond donors (Lipinski definition) is 4. The van der Waals surface area contributed by atoms with Gasteiger partial charge in [0.05, 0.1) is 47.1 Å². The Hall–Kier alpha value is -7.62. The molecule has 1 saturated carbocycles. The van der Waals surface area contributed by atoms with E-state index in [0.717, 1.165) is 49.2 Å². The van der Waals surface area contributed by atoms with Gasteiger partial charge in [-0.25, -0.2) is 10.3 Å². The van der Waals surface area contributed by atoms with Gasteiger partial charge >= 0.3 is 12.4 Å². The van der Waals surface area contributed by atoms with Crippen molar-refractivity contribution < 1.29 is 55.9 Å². The van der Waals surface area contributed by atoms with E-state index in [1.165, 1.54) is 18.3 Å². The van der Waals surface area contributed by atoms with Crippen LogP contribution in [0.15, 0.2) is 106 Å². The Balaban J connectivity index is 0.000000252. The number of terminal acetylenes is 2. The largest absolute Gasteiger partial charge is 0.523 e. The van der Waals surface area contributed by atoms with E-state index in [1.54, 1.807) is 30.3 Å². The first kappa shape index (κ1) is 49.7. The first-order valence-electron chi connectivity index (χ1n) is 18.6. The van der Waals surface area contributed by atoms with Crippen molar-refractivity contribution in [2.24, 2.45) is 5.92 Å². The number of aromatic nitrogens is 1. The highest BCUT2D eigenvalue weighted by Crippen LogP contribution is 2.39. The molecule has 0 aliphatic heterocycles. The quantitative estimate of drug-likeness (QED) is 0.0139. The van der Waals surface area contributed by atoms with Crippen LogP contribution >= 0.6 is 0 Å². The van der Waals surface area contributed by atoms with Gasteiger partial charge in [0.25, 0.3) is 0 Å². The van der Waals surface area contributed by atoms with Crippen LogP contribution in [-0.4, -0.2) is 32.1 Å². The molecule has 0 amide bonds. The van der Waals surface area contributed by atoms with E-state index in [-0.39, 0.29) is 48.8 Å². The summed E-state index contributed by atoms with van der Waals surface area (Å²) in [4.78, 5) is 27.4. The molecule has 0 spiro atoms. The summed E-state index contributed by atoms with van der Waals surface area (Å²) in [6.07, 6.45) is 5.06. The second-order valence-corrected chi connectivity index (χ2v) is 13.5. The molecule has 0 bridgehead atoms. The van der Waals surface area contributed by atoms with Crippen LogP contribution in [0.25, 0.3) is 4.85 Å². The number of Topliss-reactive ketones (excluding diaryl/α,β-unsaturated/α-hetero) is 2. The highest BCUT2D eigenvalue weighted by molar-refractivity contribution is 6.00. The van der Waals surface area contributed by atoms with E-state index in [2.05, 4.69) is 27.3 Å². The predicted molar refractivity (Wildman–Crippen MR) is 214 cm³/mol. The van der Waals surface area contributed by atoms with Crippen LogP contribution in [0.5, 0.6) is 0 Å². The number of allylic oxidation sites excluding steroid dienone is 3. The summed E-state index contributed by atoms with van der Waals surface area (Å²) in [6, 6.07) is 17.9. The lowest BCUT2D eigenvalue weighted by Crippen LogP contribution is -2.19. The maximum absolute atomic E-state index is 12.5. The van der Waals surface area contributed by atoms with Crippen LogP contribution in [0.3, 0.4) is 0 Å². The summed E-state index contributed by atoms with van der Waals surface area (Å²) in [6.45, 7) is 7.18. The number of nitrogens with one attached hydrogen (secondary N) is 1. The highest BCUT2D eigenvalue weighted by Gasteiger charge is 2.33. The van der Waals surface area contributed by atoms with Crippen molar-refractivity contribution >= 4 is 11.6 Å². The molecular weight excluding hydrogens is 833 g/mol. The Bertz CT molecular complexity index is 2490. The minimum absolute atomic E-state index is 0.00184. The van der Waals surface area contributed by atoms with Crippen LogP contribution in [0.4, 0.5) is 26.3 Å². The Morgan fingerprint density at radius 2 is 1.41 bits per heavy atom. The second-order valence-electron chi connectivity index (χ2n) is 13.5. The molecule has 3 aromatic carbocycles. The second kappa shape index (κ2) is 23.4. The molecule has 4 aromatic rings. The molecule has 1 aromatic heterocycles. The first-order chi connectivity index (χ1) is 29.9. The SMILES string of the molecule is C#CCC/C(O)=C(\C#N)C(=O)Cc1ccc(C(F)(F)F)cc1.C#CCCc1oncc1C(=O)Cc1ccc(C(F)(F)F)cc1.[C-]#[N+]/C(=C(\O)C1CC1)C(NO)c1ccc(C#N)cc1. The molecule has 63 heavy (non-hydrogen) atoms. The van der Waals surface area contributed by atoms with E-state index in [9.17, 15) is 51.4 Å². The van der Waals surface area contributed by atoms with Gasteiger partial charge in [-0.1, -0.05) is 41.6 Å². The van der Waals surface area contributed by atoms with Crippen molar-refractivity contribution in [1.82, 2.24) is 10.6 Å². The molecule has 1 unspecified atom stereocenters. The summed E-state index contributed by atoms with van der Waals surface area (Å²) >= 11 is 0. The van der Waals surface area contributed by atoms with Gasteiger partial charge in [0.1, 0.15) is 28.9 Å². The van der Waals surface area contributed by atoms with Gasteiger partial charge in [-0.15, -0.1) is 24.7 Å². The summed E-state index contributed by atoms with van der Waals surface area (Å²) < 4.78 is 79.7. The van der Waals surface area contributed by atoms with E-state index >= 15 is 0 Å². The summed E-state index contributed by atoms with van der Waals surface area (Å²) in [5.41, 5.74) is 2.41. The number of nitriles is 2. The van der Waals surface area contributed by atoms with Gasteiger partial charge in [-0.05, 0) is 65.9 Å². The molecule has 1 aliphatic rings. The number of carbonyl (C=O) groups is 2. The summed E-state index contributed by atoms with van der Waals surface area (Å²) in [5, 5.41) is 50.1. The Morgan fingerprint density at radius 3 is 1.86 bits per heavy atom. The van der Waals surface area contributed by atoms with Crippen LogP contribution in [-0.2, 0) is 36.4 Å². The highest BCUT2D eigenvalue weighted by atomic mass is 19.4. The Morgan fingerprint density at radius 1 is 0.873 bits per heavy atom. The van der Waals surface area contributed by atoms with Crippen molar-refractivity contribution in [3.63, 3.8) is 0 Å². The monoisotopic (exact) mass is 869 g/mol. The number of aliphatic hydroxyl groups is 2. The number of aryl methyl sites for hydroxylation is 1. The first-order valence-corrected chi connectivity index (χ1v) is 18.6. The van der Waals surface area contributed by atoms with E-state index in [4.69, 9.17) is 34.5 Å². The fraction of sp³-hybridized carbons (Fsp3) is 0.261. The van der Waals surface area contributed by atoms with E-state index in [0.29, 0.717) is 46.4 Å². The zero-order valence-corrected chi connectivity index (χ0v) is 33.1. The molecule has 1 fully saturated rings. The number of ketones is 2.